The van der Waals surface area contributed by atoms with Crippen molar-refractivity contribution in [2.45, 2.75) is 31.7 Å². The quantitative estimate of drug-likeness (QED) is 0.421. The molecule has 0 bridgehead atoms. The van der Waals surface area contributed by atoms with Gasteiger partial charge < -0.3 is 4.79 Å². The van der Waals surface area contributed by atoms with Crippen molar-refractivity contribution in [2.24, 2.45) is 0 Å². The second kappa shape index (κ2) is 6.00. The van der Waals surface area contributed by atoms with Gasteiger partial charge in [-0.05, 0) is 5.56 Å². The molecule has 4 nitrogen and oxygen atoms in total. The van der Waals surface area contributed by atoms with E-state index >= 15 is 0 Å². The first-order valence-electron chi connectivity index (χ1n) is 5.32. The fourth-order valence-electron chi connectivity index (χ4n) is 1.90. The van der Waals surface area contributed by atoms with E-state index in [1.54, 1.807) is 6.92 Å². The predicted octanol–water partition coefficient (Wildman–Crippen LogP) is 2.41. The molecule has 0 N–H and O–H groups in total. The smallest absolute Gasteiger partial charge is 0.220 e. The summed E-state index contributed by atoms with van der Waals surface area (Å²) in [6.45, 7) is 1.77. The van der Waals surface area contributed by atoms with Crippen molar-refractivity contribution in [2.75, 3.05) is 0 Å². The van der Waals surface area contributed by atoms with E-state index in [-0.39, 0.29) is 17.3 Å². The van der Waals surface area contributed by atoms with E-state index in [0.717, 1.165) is 11.8 Å². The molecule has 16 heavy (non-hydrogen) atoms. The molecule has 0 aliphatic carbocycles. The second-order valence-corrected chi connectivity index (χ2v) is 3.68. The summed E-state index contributed by atoms with van der Waals surface area (Å²) in [5.41, 5.74) is 0.859. The van der Waals surface area contributed by atoms with Crippen LogP contribution in [0, 0.1) is 10.1 Å². The Morgan fingerprint density at radius 3 is 2.44 bits per heavy atom. The summed E-state index contributed by atoms with van der Waals surface area (Å²) in [5.74, 6) is -0.321. The molecule has 2 atom stereocenters. The fraction of sp³-hybridized carbons (Fsp3) is 0.417. The van der Waals surface area contributed by atoms with Gasteiger partial charge in [-0.2, -0.15) is 0 Å². The molecule has 0 heterocycles. The van der Waals surface area contributed by atoms with Crippen LogP contribution in [0.1, 0.15) is 31.2 Å². The van der Waals surface area contributed by atoms with E-state index in [1.807, 2.05) is 30.3 Å². The average Bonchev–Trinajstić information content (AvgIpc) is 2.29. The number of hydrogen-bond acceptors (Lipinski definition) is 3. The molecule has 1 unspecified atom stereocenters. The first-order valence-corrected chi connectivity index (χ1v) is 5.32. The molecule has 1 aromatic rings. The van der Waals surface area contributed by atoms with Gasteiger partial charge >= 0.3 is 0 Å². The monoisotopic (exact) mass is 221 g/mol. The Kier molecular flexibility index (Phi) is 4.64. The highest BCUT2D eigenvalue weighted by Gasteiger charge is 2.30. The van der Waals surface area contributed by atoms with Gasteiger partial charge in [-0.3, -0.25) is 10.1 Å². The zero-order valence-corrected chi connectivity index (χ0v) is 9.20. The Hall–Kier alpha value is -1.71. The van der Waals surface area contributed by atoms with Crippen molar-refractivity contribution in [1.82, 2.24) is 0 Å². The number of benzene rings is 1. The number of carbonyl (C=O) groups is 1. The van der Waals surface area contributed by atoms with E-state index in [0.29, 0.717) is 6.42 Å². The Balaban J connectivity index is 2.98. The van der Waals surface area contributed by atoms with Gasteiger partial charge in [-0.15, -0.1) is 0 Å². The molecule has 0 spiro atoms. The highest BCUT2D eigenvalue weighted by atomic mass is 16.6. The summed E-state index contributed by atoms with van der Waals surface area (Å²) in [7, 11) is 0. The number of carbonyl (C=O) groups excluding carboxylic acids is 1. The first-order chi connectivity index (χ1) is 7.70. The molecule has 1 rings (SSSR count). The van der Waals surface area contributed by atoms with Crippen LogP contribution >= 0.6 is 0 Å². The van der Waals surface area contributed by atoms with Crippen LogP contribution in [0.25, 0.3) is 0 Å². The maximum atomic E-state index is 10.9. The van der Waals surface area contributed by atoms with Crippen LogP contribution in [-0.4, -0.2) is 17.3 Å². The van der Waals surface area contributed by atoms with Gasteiger partial charge in [-0.25, -0.2) is 0 Å². The van der Waals surface area contributed by atoms with Crippen LogP contribution < -0.4 is 0 Å². The largest absolute Gasteiger partial charge is 0.303 e. The van der Waals surface area contributed by atoms with Crippen LogP contribution in [0.3, 0.4) is 0 Å². The summed E-state index contributed by atoms with van der Waals surface area (Å²) in [6, 6.07) is 8.50. The van der Waals surface area contributed by atoms with Crippen LogP contribution in [0.2, 0.25) is 0 Å². The molecule has 0 aromatic heterocycles. The minimum absolute atomic E-state index is 0.198. The van der Waals surface area contributed by atoms with Gasteiger partial charge in [0.05, 0.1) is 5.92 Å². The van der Waals surface area contributed by atoms with Gasteiger partial charge in [0.1, 0.15) is 6.29 Å². The second-order valence-electron chi connectivity index (χ2n) is 3.68. The SMILES string of the molecule is CCC([C@@H](CC=O)c1ccccc1)[N+](=O)[O-]. The molecule has 86 valence electrons. The Morgan fingerprint density at radius 1 is 1.38 bits per heavy atom. The lowest BCUT2D eigenvalue weighted by Crippen LogP contribution is -2.27. The van der Waals surface area contributed by atoms with E-state index in [4.69, 9.17) is 0 Å². The highest BCUT2D eigenvalue weighted by molar-refractivity contribution is 5.52. The predicted molar refractivity (Wildman–Crippen MR) is 60.9 cm³/mol. The summed E-state index contributed by atoms with van der Waals surface area (Å²) in [5, 5.41) is 10.9. The normalized spacial score (nSPS) is 14.1. The van der Waals surface area contributed by atoms with Crippen molar-refractivity contribution in [3.05, 3.63) is 46.0 Å². The molecule has 0 saturated carbocycles. The molecule has 0 aliphatic heterocycles. The standard InChI is InChI=1S/C12H15NO3/c1-2-12(13(15)16)11(8-9-14)10-6-4-3-5-7-10/h3-7,9,11-12H,2,8H2,1H3/t11-,12?/m0/s1. The fourth-order valence-corrected chi connectivity index (χ4v) is 1.90. The molecule has 4 heteroatoms. The molecule has 0 radical (unpaired) electrons. The summed E-state index contributed by atoms with van der Waals surface area (Å²) in [6.07, 6.45) is 1.38. The average molecular weight is 221 g/mol. The van der Waals surface area contributed by atoms with E-state index < -0.39 is 6.04 Å². The van der Waals surface area contributed by atoms with Crippen molar-refractivity contribution in [3.8, 4) is 0 Å². The van der Waals surface area contributed by atoms with Crippen molar-refractivity contribution < 1.29 is 9.72 Å². The van der Waals surface area contributed by atoms with E-state index in [2.05, 4.69) is 0 Å². The highest BCUT2D eigenvalue weighted by Crippen LogP contribution is 2.26. The number of rotatable bonds is 6. The Bertz CT molecular complexity index is 351. The zero-order chi connectivity index (χ0) is 12.0. The van der Waals surface area contributed by atoms with Crippen molar-refractivity contribution in [3.63, 3.8) is 0 Å². The maximum absolute atomic E-state index is 10.9. The summed E-state index contributed by atoms with van der Waals surface area (Å²) >= 11 is 0. The van der Waals surface area contributed by atoms with Crippen LogP contribution in [0.5, 0.6) is 0 Å². The third kappa shape index (κ3) is 2.89. The molecule has 0 aliphatic rings. The lowest BCUT2D eigenvalue weighted by atomic mass is 9.88. The van der Waals surface area contributed by atoms with Crippen LogP contribution in [0.15, 0.2) is 30.3 Å². The topological polar surface area (TPSA) is 60.2 Å². The van der Waals surface area contributed by atoms with Crippen LogP contribution in [-0.2, 0) is 4.79 Å². The maximum Gasteiger partial charge on any atom is 0.220 e. The lowest BCUT2D eigenvalue weighted by Gasteiger charge is -2.18. The molecule has 0 amide bonds. The van der Waals surface area contributed by atoms with Gasteiger partial charge in [0.15, 0.2) is 0 Å². The Labute approximate surface area is 94.4 Å². The minimum Gasteiger partial charge on any atom is -0.303 e. The zero-order valence-electron chi connectivity index (χ0n) is 9.20. The molecular formula is C12H15NO3. The summed E-state index contributed by atoms with van der Waals surface area (Å²) in [4.78, 5) is 21.2. The molecular weight excluding hydrogens is 206 g/mol. The van der Waals surface area contributed by atoms with Crippen molar-refractivity contribution >= 4 is 6.29 Å². The van der Waals surface area contributed by atoms with E-state index in [9.17, 15) is 14.9 Å². The van der Waals surface area contributed by atoms with Crippen LogP contribution in [0.4, 0.5) is 0 Å². The third-order valence-electron chi connectivity index (χ3n) is 2.73. The molecule has 0 saturated heterocycles. The van der Waals surface area contributed by atoms with E-state index in [1.165, 1.54) is 0 Å². The number of nitrogens with zero attached hydrogens (tertiary/aromatic N) is 1. The number of nitro groups is 1. The number of hydrogen-bond donors (Lipinski definition) is 0. The van der Waals surface area contributed by atoms with Gasteiger partial charge in [0.2, 0.25) is 6.04 Å². The third-order valence-corrected chi connectivity index (χ3v) is 2.73. The van der Waals surface area contributed by atoms with Gasteiger partial charge in [-0.1, -0.05) is 37.3 Å². The van der Waals surface area contributed by atoms with Gasteiger partial charge in [0, 0.05) is 17.8 Å². The van der Waals surface area contributed by atoms with Gasteiger partial charge in [0.25, 0.3) is 0 Å². The lowest BCUT2D eigenvalue weighted by molar-refractivity contribution is -0.527. The minimum atomic E-state index is -0.687. The molecule has 0 fully saturated rings. The summed E-state index contributed by atoms with van der Waals surface area (Å²) < 4.78 is 0. The molecule has 1 aromatic carbocycles. The van der Waals surface area contributed by atoms with Crippen molar-refractivity contribution in [1.29, 1.82) is 0 Å². The Morgan fingerprint density at radius 2 is 2.00 bits per heavy atom. The number of aldehydes is 1. The first kappa shape index (κ1) is 12.4.